The molecule has 4 nitrogen and oxygen atoms in total. The van der Waals surface area contributed by atoms with Gasteiger partial charge in [0.2, 0.25) is 0 Å². The summed E-state index contributed by atoms with van der Waals surface area (Å²) in [5, 5.41) is 32.5. The van der Waals surface area contributed by atoms with Crippen molar-refractivity contribution in [1.82, 2.24) is 10.6 Å². The molecule has 1 aliphatic carbocycles. The van der Waals surface area contributed by atoms with Crippen LogP contribution in [-0.2, 0) is 21.7 Å². The van der Waals surface area contributed by atoms with Crippen LogP contribution in [0.4, 0.5) is 0 Å². The molecule has 1 aliphatic rings. The summed E-state index contributed by atoms with van der Waals surface area (Å²) in [4.78, 5) is 0. The van der Waals surface area contributed by atoms with Crippen LogP contribution < -0.4 is 10.6 Å². The monoisotopic (exact) mass is 703 g/mol. The van der Waals surface area contributed by atoms with Gasteiger partial charge in [0.1, 0.15) is 11.5 Å². The van der Waals surface area contributed by atoms with E-state index < -0.39 is 0 Å². The van der Waals surface area contributed by atoms with E-state index in [4.69, 9.17) is 0 Å². The molecule has 4 heteroatoms. The Labute approximate surface area is 315 Å². The van der Waals surface area contributed by atoms with Gasteiger partial charge in [-0.05, 0) is 80.0 Å². The summed E-state index contributed by atoms with van der Waals surface area (Å²) in [6.45, 7) is 26.6. The molecule has 4 aromatic rings. The van der Waals surface area contributed by atoms with E-state index in [1.807, 2.05) is 0 Å². The molecular weight excluding hydrogens is 637 g/mol. The molecule has 4 atom stereocenters. The van der Waals surface area contributed by atoms with Crippen LogP contribution in [0.25, 0.3) is 0 Å². The van der Waals surface area contributed by atoms with Crippen LogP contribution in [0, 0.1) is 0 Å². The molecule has 5 rings (SSSR count). The van der Waals surface area contributed by atoms with Gasteiger partial charge in [0.25, 0.3) is 0 Å². The Hall–Kier alpha value is -3.60. The second kappa shape index (κ2) is 15.0. The van der Waals surface area contributed by atoms with Gasteiger partial charge in [0.05, 0.1) is 12.1 Å². The summed E-state index contributed by atoms with van der Waals surface area (Å²) in [6.07, 6.45) is 4.28. The SMILES string of the molecule is CC(C)(C)c1cc([C@H](N[C@@H]2CCCC[C@H]2N[C@H](c2ccccc2)c2cc(C(C)(C)C)cc(C(C)(C)C)c2O)c2ccccc2)c(O)c(C(C)(C)C)c1. The normalized spacial score (nSPS) is 18.6. The Kier molecular flexibility index (Phi) is 11.4. The maximum Gasteiger partial charge on any atom is 0.124 e. The summed E-state index contributed by atoms with van der Waals surface area (Å²) in [5.74, 6) is 0.755. The van der Waals surface area contributed by atoms with Crippen molar-refractivity contribution in [3.05, 3.63) is 129 Å². The number of phenols is 2. The van der Waals surface area contributed by atoms with Crippen LogP contribution in [-0.4, -0.2) is 22.3 Å². The van der Waals surface area contributed by atoms with Gasteiger partial charge in [-0.1, -0.05) is 169 Å². The Morgan fingerprint density at radius 1 is 0.481 bits per heavy atom. The molecule has 1 saturated carbocycles. The first kappa shape index (κ1) is 39.6. The molecule has 4 aromatic carbocycles. The Balaban J connectivity index is 1.63. The predicted octanol–water partition coefficient (Wildman–Crippen LogP) is 11.7. The van der Waals surface area contributed by atoms with E-state index >= 15 is 0 Å². The lowest BCUT2D eigenvalue weighted by Crippen LogP contribution is -2.52. The summed E-state index contributed by atoms with van der Waals surface area (Å²) in [7, 11) is 0. The average molecular weight is 703 g/mol. The fourth-order valence-corrected chi connectivity index (χ4v) is 7.74. The van der Waals surface area contributed by atoms with Crippen LogP contribution in [0.5, 0.6) is 11.5 Å². The molecule has 0 aromatic heterocycles. The van der Waals surface area contributed by atoms with Crippen LogP contribution in [0.3, 0.4) is 0 Å². The van der Waals surface area contributed by atoms with Crippen molar-refractivity contribution >= 4 is 0 Å². The van der Waals surface area contributed by atoms with Gasteiger partial charge < -0.3 is 20.8 Å². The second-order valence-electron chi connectivity index (χ2n) is 19.4. The van der Waals surface area contributed by atoms with Gasteiger partial charge in [-0.15, -0.1) is 0 Å². The first-order valence-electron chi connectivity index (χ1n) is 19.5. The number of hydrogen-bond acceptors (Lipinski definition) is 4. The number of aromatic hydroxyl groups is 2. The number of hydrogen-bond donors (Lipinski definition) is 4. The zero-order valence-electron chi connectivity index (χ0n) is 34.1. The molecule has 1 fully saturated rings. The number of rotatable bonds is 8. The van der Waals surface area contributed by atoms with Crippen LogP contribution >= 0.6 is 0 Å². The van der Waals surface area contributed by atoms with E-state index in [1.165, 1.54) is 11.1 Å². The number of benzene rings is 4. The number of phenolic OH excluding ortho intramolecular Hbond substituents is 2. The highest BCUT2D eigenvalue weighted by molar-refractivity contribution is 5.54. The molecular formula is C48H66N2O2. The fourth-order valence-electron chi connectivity index (χ4n) is 7.74. The maximum absolute atomic E-state index is 12.1. The largest absolute Gasteiger partial charge is 0.507 e. The molecule has 0 unspecified atom stereocenters. The van der Waals surface area contributed by atoms with E-state index in [9.17, 15) is 10.2 Å². The summed E-state index contributed by atoms with van der Waals surface area (Å²) in [5.41, 5.74) is 7.90. The van der Waals surface area contributed by atoms with E-state index in [-0.39, 0.29) is 45.8 Å². The first-order chi connectivity index (χ1) is 24.2. The zero-order chi connectivity index (χ0) is 38.2. The van der Waals surface area contributed by atoms with Crippen LogP contribution in [0.15, 0.2) is 84.9 Å². The van der Waals surface area contributed by atoms with E-state index in [0.29, 0.717) is 11.5 Å². The third-order valence-electron chi connectivity index (χ3n) is 11.0. The van der Waals surface area contributed by atoms with Crippen molar-refractivity contribution in [3.8, 4) is 11.5 Å². The smallest absolute Gasteiger partial charge is 0.124 e. The van der Waals surface area contributed by atoms with Gasteiger partial charge in [-0.25, -0.2) is 0 Å². The second-order valence-corrected chi connectivity index (χ2v) is 19.4. The zero-order valence-corrected chi connectivity index (χ0v) is 34.1. The minimum atomic E-state index is -0.228. The lowest BCUT2D eigenvalue weighted by Gasteiger charge is -2.39. The molecule has 0 amide bonds. The molecule has 280 valence electrons. The minimum Gasteiger partial charge on any atom is -0.507 e. The molecule has 4 N–H and O–H groups in total. The van der Waals surface area contributed by atoms with E-state index in [1.54, 1.807) is 0 Å². The lowest BCUT2D eigenvalue weighted by atomic mass is 9.77. The molecule has 52 heavy (non-hydrogen) atoms. The molecule has 0 radical (unpaired) electrons. The Bertz CT molecular complexity index is 1670. The van der Waals surface area contributed by atoms with Gasteiger partial charge in [0, 0.05) is 23.2 Å². The van der Waals surface area contributed by atoms with Crippen molar-refractivity contribution in [1.29, 1.82) is 0 Å². The minimum absolute atomic E-state index is 0.0863. The molecule has 0 bridgehead atoms. The highest BCUT2D eigenvalue weighted by Crippen LogP contribution is 2.44. The molecule has 0 spiro atoms. The Morgan fingerprint density at radius 3 is 1.10 bits per heavy atom. The Morgan fingerprint density at radius 2 is 0.808 bits per heavy atom. The summed E-state index contributed by atoms with van der Waals surface area (Å²) in [6, 6.07) is 29.9. The van der Waals surface area contributed by atoms with Gasteiger partial charge in [-0.2, -0.15) is 0 Å². The fraction of sp³-hybridized carbons (Fsp3) is 0.500. The molecule has 0 aliphatic heterocycles. The van der Waals surface area contributed by atoms with Crippen LogP contribution in [0.2, 0.25) is 0 Å². The molecule has 0 saturated heterocycles. The third-order valence-corrected chi connectivity index (χ3v) is 11.0. The van der Waals surface area contributed by atoms with Gasteiger partial charge >= 0.3 is 0 Å². The highest BCUT2D eigenvalue weighted by atomic mass is 16.3. The van der Waals surface area contributed by atoms with Crippen molar-refractivity contribution in [3.63, 3.8) is 0 Å². The maximum atomic E-state index is 12.1. The topological polar surface area (TPSA) is 64.5 Å². The first-order valence-corrected chi connectivity index (χ1v) is 19.5. The van der Waals surface area contributed by atoms with Crippen molar-refractivity contribution in [2.45, 2.75) is 155 Å². The molecule has 0 heterocycles. The summed E-state index contributed by atoms with van der Waals surface area (Å²) >= 11 is 0. The highest BCUT2D eigenvalue weighted by Gasteiger charge is 2.35. The third kappa shape index (κ3) is 8.95. The predicted molar refractivity (Wildman–Crippen MR) is 220 cm³/mol. The van der Waals surface area contributed by atoms with Crippen molar-refractivity contribution in [2.24, 2.45) is 0 Å². The standard InChI is InChI=1S/C48H66N2O2/c1-45(2,3)33-27-35(43(51)37(29-33)47(7,8)9)41(31-21-15-13-16-22-31)49-39-25-19-20-26-40(39)50-42(32-23-17-14-18-24-32)36-28-34(46(4,5)6)30-38(44(36)52)48(10,11)12/h13-18,21-24,27-30,39-42,49-52H,19-20,25-26H2,1-12H3/t39-,40-,41-,42-/m1/s1. The van der Waals surface area contributed by atoms with E-state index in [2.05, 4.69) is 179 Å². The van der Waals surface area contributed by atoms with Crippen LogP contribution in [0.1, 0.15) is 165 Å². The van der Waals surface area contributed by atoms with Crippen molar-refractivity contribution in [2.75, 3.05) is 0 Å². The van der Waals surface area contributed by atoms with E-state index in [0.717, 1.165) is 59.1 Å². The average Bonchev–Trinajstić information content (AvgIpc) is 3.06. The van der Waals surface area contributed by atoms with Gasteiger partial charge in [-0.3, -0.25) is 0 Å². The quantitative estimate of drug-likeness (QED) is 0.148. The summed E-state index contributed by atoms with van der Waals surface area (Å²) < 4.78 is 0. The van der Waals surface area contributed by atoms with Gasteiger partial charge in [0.15, 0.2) is 0 Å². The van der Waals surface area contributed by atoms with Crippen molar-refractivity contribution < 1.29 is 10.2 Å². The number of nitrogens with one attached hydrogen (secondary N) is 2. The lowest BCUT2D eigenvalue weighted by molar-refractivity contribution is 0.258.